The summed E-state index contributed by atoms with van der Waals surface area (Å²) in [6, 6.07) is 12.8. The topological polar surface area (TPSA) is 24.8 Å². The summed E-state index contributed by atoms with van der Waals surface area (Å²) < 4.78 is 5.83. The Morgan fingerprint density at radius 2 is 1.75 bits per heavy atom. The van der Waals surface area contributed by atoms with Crippen molar-refractivity contribution >= 4 is 22.3 Å². The number of morpholine rings is 1. The van der Waals surface area contributed by atoms with Crippen LogP contribution in [0.25, 0.3) is 10.8 Å². The predicted molar refractivity (Wildman–Crippen MR) is 81.7 cm³/mol. The van der Waals surface area contributed by atoms with Gasteiger partial charge < -0.3 is 9.64 Å². The van der Waals surface area contributed by atoms with Gasteiger partial charge in [0.25, 0.3) is 0 Å². The van der Waals surface area contributed by atoms with E-state index < -0.39 is 0 Å². The molecule has 2 atom stereocenters. The first-order valence-corrected chi connectivity index (χ1v) is 7.23. The van der Waals surface area contributed by atoms with E-state index in [0.29, 0.717) is 0 Å². The quantitative estimate of drug-likeness (QED) is 0.730. The minimum absolute atomic E-state index is 0.254. The minimum atomic E-state index is 0.254. The summed E-state index contributed by atoms with van der Waals surface area (Å²) in [5.41, 5.74) is 2.36. The Hall–Kier alpha value is -1.87. The number of aliphatic imine (C=N–C) groups is 1. The Morgan fingerprint density at radius 1 is 1.05 bits per heavy atom. The zero-order valence-electron chi connectivity index (χ0n) is 11.8. The SMILES string of the molecule is C[C@H]1CN(C2=Nc3cccc4cccc2c34)C[C@H](C)O1. The smallest absolute Gasteiger partial charge is 0.137 e. The van der Waals surface area contributed by atoms with Crippen LogP contribution in [0.15, 0.2) is 41.4 Å². The second-order valence-corrected chi connectivity index (χ2v) is 5.78. The first-order chi connectivity index (χ1) is 9.72. The molecule has 2 aromatic rings. The molecular weight excluding hydrogens is 248 g/mol. The van der Waals surface area contributed by atoms with E-state index in [9.17, 15) is 0 Å². The summed E-state index contributed by atoms with van der Waals surface area (Å²) in [4.78, 5) is 7.24. The zero-order valence-corrected chi connectivity index (χ0v) is 11.8. The Kier molecular flexibility index (Phi) is 2.57. The fourth-order valence-electron chi connectivity index (χ4n) is 3.37. The highest BCUT2D eigenvalue weighted by molar-refractivity contribution is 6.18. The molecule has 0 unspecified atom stereocenters. The van der Waals surface area contributed by atoms with Gasteiger partial charge in [-0.15, -0.1) is 0 Å². The van der Waals surface area contributed by atoms with Crippen LogP contribution in [-0.4, -0.2) is 36.0 Å². The molecule has 0 saturated carbocycles. The maximum absolute atomic E-state index is 5.83. The highest BCUT2D eigenvalue weighted by Crippen LogP contribution is 2.36. The van der Waals surface area contributed by atoms with Crippen molar-refractivity contribution in [1.82, 2.24) is 4.90 Å². The molecule has 2 aliphatic rings. The summed E-state index contributed by atoms with van der Waals surface area (Å²) in [5, 5.41) is 2.56. The van der Waals surface area contributed by atoms with Gasteiger partial charge >= 0.3 is 0 Å². The summed E-state index contributed by atoms with van der Waals surface area (Å²) in [5.74, 6) is 1.11. The van der Waals surface area contributed by atoms with Crippen LogP contribution in [0.1, 0.15) is 19.4 Å². The molecule has 3 heteroatoms. The minimum Gasteiger partial charge on any atom is -0.372 e. The predicted octanol–water partition coefficient (Wildman–Crippen LogP) is 3.34. The average Bonchev–Trinajstić information content (AvgIpc) is 2.80. The number of benzene rings is 2. The lowest BCUT2D eigenvalue weighted by atomic mass is 10.0. The zero-order chi connectivity index (χ0) is 13.7. The number of hydrogen-bond donors (Lipinski definition) is 0. The van der Waals surface area contributed by atoms with E-state index in [-0.39, 0.29) is 12.2 Å². The third-order valence-corrected chi connectivity index (χ3v) is 4.07. The second kappa shape index (κ2) is 4.32. The fourth-order valence-corrected chi connectivity index (χ4v) is 3.37. The maximum atomic E-state index is 5.83. The molecule has 0 aromatic heterocycles. The van der Waals surface area contributed by atoms with Gasteiger partial charge in [0.1, 0.15) is 5.84 Å². The number of rotatable bonds is 0. The molecule has 2 aliphatic heterocycles. The van der Waals surface area contributed by atoms with Gasteiger partial charge in [-0.3, -0.25) is 0 Å². The third-order valence-electron chi connectivity index (χ3n) is 4.07. The van der Waals surface area contributed by atoms with Crippen molar-refractivity contribution in [3.8, 4) is 0 Å². The molecule has 0 aliphatic carbocycles. The monoisotopic (exact) mass is 266 g/mol. The summed E-state index contributed by atoms with van der Waals surface area (Å²) in [6.07, 6.45) is 0.508. The first kappa shape index (κ1) is 11.9. The van der Waals surface area contributed by atoms with Gasteiger partial charge in [0.05, 0.1) is 17.9 Å². The van der Waals surface area contributed by atoms with E-state index in [1.165, 1.54) is 16.3 Å². The maximum Gasteiger partial charge on any atom is 0.137 e. The highest BCUT2D eigenvalue weighted by Gasteiger charge is 2.29. The van der Waals surface area contributed by atoms with Gasteiger partial charge in [0.15, 0.2) is 0 Å². The average molecular weight is 266 g/mol. The van der Waals surface area contributed by atoms with Crippen LogP contribution < -0.4 is 0 Å². The number of amidine groups is 1. The number of nitrogens with zero attached hydrogens (tertiary/aromatic N) is 2. The van der Waals surface area contributed by atoms with Gasteiger partial charge in [-0.05, 0) is 25.3 Å². The molecule has 20 heavy (non-hydrogen) atoms. The Labute approximate surface area is 118 Å². The summed E-state index contributed by atoms with van der Waals surface area (Å²) in [6.45, 7) is 6.08. The lowest BCUT2D eigenvalue weighted by Gasteiger charge is -2.36. The molecule has 0 amide bonds. The van der Waals surface area contributed by atoms with E-state index >= 15 is 0 Å². The van der Waals surface area contributed by atoms with Crippen molar-refractivity contribution in [2.24, 2.45) is 4.99 Å². The van der Waals surface area contributed by atoms with E-state index in [1.807, 2.05) is 0 Å². The molecule has 0 spiro atoms. The molecule has 0 N–H and O–H groups in total. The van der Waals surface area contributed by atoms with Crippen LogP contribution in [0, 0.1) is 0 Å². The first-order valence-electron chi connectivity index (χ1n) is 7.23. The molecular formula is C17H18N2O. The van der Waals surface area contributed by atoms with E-state index in [4.69, 9.17) is 9.73 Å². The summed E-state index contributed by atoms with van der Waals surface area (Å²) >= 11 is 0. The molecule has 1 fully saturated rings. The van der Waals surface area contributed by atoms with E-state index in [2.05, 4.69) is 55.1 Å². The van der Waals surface area contributed by atoms with Gasteiger partial charge in [-0.2, -0.15) is 0 Å². The third kappa shape index (κ3) is 1.74. The van der Waals surface area contributed by atoms with Crippen molar-refractivity contribution in [3.05, 3.63) is 42.0 Å². The van der Waals surface area contributed by atoms with Crippen LogP contribution in [0.5, 0.6) is 0 Å². The van der Waals surface area contributed by atoms with Gasteiger partial charge in [-0.25, -0.2) is 4.99 Å². The molecule has 2 aromatic carbocycles. The normalized spacial score (nSPS) is 25.1. The van der Waals surface area contributed by atoms with Crippen LogP contribution in [0.4, 0.5) is 5.69 Å². The van der Waals surface area contributed by atoms with E-state index in [0.717, 1.165) is 24.6 Å². The van der Waals surface area contributed by atoms with Gasteiger partial charge in [0, 0.05) is 24.0 Å². The largest absolute Gasteiger partial charge is 0.372 e. The Morgan fingerprint density at radius 3 is 2.50 bits per heavy atom. The Balaban J connectivity index is 1.80. The lowest BCUT2D eigenvalue weighted by Crippen LogP contribution is -2.48. The molecule has 2 heterocycles. The number of ether oxygens (including phenoxy) is 1. The Bertz CT molecular complexity index is 692. The van der Waals surface area contributed by atoms with Crippen molar-refractivity contribution in [1.29, 1.82) is 0 Å². The summed E-state index contributed by atoms with van der Waals surface area (Å²) in [7, 11) is 0. The van der Waals surface area contributed by atoms with E-state index in [1.54, 1.807) is 0 Å². The lowest BCUT2D eigenvalue weighted by molar-refractivity contribution is -0.0478. The molecule has 102 valence electrons. The molecule has 3 nitrogen and oxygen atoms in total. The second-order valence-electron chi connectivity index (χ2n) is 5.78. The molecule has 0 radical (unpaired) electrons. The van der Waals surface area contributed by atoms with Crippen LogP contribution in [0.2, 0.25) is 0 Å². The van der Waals surface area contributed by atoms with Crippen molar-refractivity contribution in [2.75, 3.05) is 13.1 Å². The van der Waals surface area contributed by atoms with Crippen molar-refractivity contribution in [2.45, 2.75) is 26.1 Å². The molecule has 4 rings (SSSR count). The van der Waals surface area contributed by atoms with Gasteiger partial charge in [-0.1, -0.05) is 30.3 Å². The van der Waals surface area contributed by atoms with Crippen molar-refractivity contribution < 1.29 is 4.74 Å². The highest BCUT2D eigenvalue weighted by atomic mass is 16.5. The van der Waals surface area contributed by atoms with Crippen molar-refractivity contribution in [3.63, 3.8) is 0 Å². The van der Waals surface area contributed by atoms with Crippen LogP contribution >= 0.6 is 0 Å². The van der Waals surface area contributed by atoms with Crippen LogP contribution in [0.3, 0.4) is 0 Å². The number of hydrogen-bond acceptors (Lipinski definition) is 3. The van der Waals surface area contributed by atoms with Crippen LogP contribution in [-0.2, 0) is 4.74 Å². The van der Waals surface area contributed by atoms with Gasteiger partial charge in [0.2, 0.25) is 0 Å². The fraction of sp³-hybridized carbons (Fsp3) is 0.353. The standard InChI is InChI=1S/C17H18N2O/c1-11-9-19(10-12(2)20-11)17-14-7-3-5-13-6-4-8-15(18-17)16(13)14/h3-8,11-12H,9-10H2,1-2H3/t11-,12-/m0/s1. The molecule has 0 bridgehead atoms. The molecule has 1 saturated heterocycles.